The van der Waals surface area contributed by atoms with Gasteiger partial charge in [-0.2, -0.15) is 5.10 Å². The summed E-state index contributed by atoms with van der Waals surface area (Å²) in [7, 11) is 0. The molecule has 1 amide bonds. The van der Waals surface area contributed by atoms with Crippen LogP contribution in [0.3, 0.4) is 0 Å². The van der Waals surface area contributed by atoms with Gasteiger partial charge in [0.05, 0.1) is 6.21 Å². The molecule has 1 aromatic carbocycles. The van der Waals surface area contributed by atoms with Crippen LogP contribution in [-0.4, -0.2) is 17.7 Å². The van der Waals surface area contributed by atoms with Crippen LogP contribution in [0.25, 0.3) is 0 Å². The van der Waals surface area contributed by atoms with Crippen molar-refractivity contribution in [3.63, 3.8) is 0 Å². The second kappa shape index (κ2) is 6.74. The van der Waals surface area contributed by atoms with Crippen LogP contribution in [0, 0.1) is 0 Å². The first kappa shape index (κ1) is 15.5. The predicted molar refractivity (Wildman–Crippen MR) is 86.2 cm³/mol. The van der Waals surface area contributed by atoms with Gasteiger partial charge in [-0.25, -0.2) is 5.43 Å². The predicted octanol–water partition coefficient (Wildman–Crippen LogP) is 3.71. The quantitative estimate of drug-likeness (QED) is 0.674. The molecule has 1 heterocycles. The van der Waals surface area contributed by atoms with Crippen LogP contribution in [0.15, 0.2) is 46.9 Å². The van der Waals surface area contributed by atoms with E-state index in [0.29, 0.717) is 10.8 Å². The van der Waals surface area contributed by atoms with E-state index >= 15 is 0 Å². The standard InChI is InChI=1S/C15H15ClN2O2S/c1-15(2,20-12-7-5-11(16)6-8-12)14(19)18-17-10-13-4-3-9-21-13/h3-10H,1-2H3,(H,18,19)/b17-10+. The molecule has 0 aliphatic rings. The summed E-state index contributed by atoms with van der Waals surface area (Å²) < 4.78 is 5.66. The maximum absolute atomic E-state index is 12.1. The number of benzene rings is 1. The summed E-state index contributed by atoms with van der Waals surface area (Å²) in [4.78, 5) is 13.1. The van der Waals surface area contributed by atoms with E-state index in [1.165, 1.54) is 0 Å². The number of hydrogen-bond acceptors (Lipinski definition) is 4. The molecule has 1 aromatic heterocycles. The van der Waals surface area contributed by atoms with Crippen molar-refractivity contribution in [3.8, 4) is 5.75 Å². The van der Waals surface area contributed by atoms with Crippen molar-refractivity contribution in [2.24, 2.45) is 5.10 Å². The number of amides is 1. The molecule has 4 nitrogen and oxygen atoms in total. The molecule has 110 valence electrons. The summed E-state index contributed by atoms with van der Waals surface area (Å²) >= 11 is 7.35. The molecule has 0 spiro atoms. The maximum Gasteiger partial charge on any atom is 0.283 e. The Hall–Kier alpha value is -1.85. The highest BCUT2D eigenvalue weighted by Crippen LogP contribution is 2.21. The lowest BCUT2D eigenvalue weighted by Gasteiger charge is -2.24. The minimum absolute atomic E-state index is 0.328. The van der Waals surface area contributed by atoms with E-state index in [-0.39, 0.29) is 5.91 Å². The third-order valence-electron chi connectivity index (χ3n) is 2.63. The first-order chi connectivity index (χ1) is 9.97. The summed E-state index contributed by atoms with van der Waals surface area (Å²) in [6, 6.07) is 10.7. The summed E-state index contributed by atoms with van der Waals surface area (Å²) in [6.45, 7) is 3.36. The monoisotopic (exact) mass is 322 g/mol. The van der Waals surface area contributed by atoms with Crippen molar-refractivity contribution >= 4 is 35.1 Å². The van der Waals surface area contributed by atoms with Gasteiger partial charge >= 0.3 is 0 Å². The van der Waals surface area contributed by atoms with Gasteiger partial charge in [-0.15, -0.1) is 11.3 Å². The van der Waals surface area contributed by atoms with Crippen LogP contribution in [-0.2, 0) is 4.79 Å². The third-order valence-corrected chi connectivity index (χ3v) is 3.69. The van der Waals surface area contributed by atoms with E-state index in [2.05, 4.69) is 10.5 Å². The number of hydrogen-bond donors (Lipinski definition) is 1. The average molecular weight is 323 g/mol. The first-order valence-corrected chi connectivity index (χ1v) is 7.55. The Labute approximate surface area is 132 Å². The molecule has 1 N–H and O–H groups in total. The Kier molecular flexibility index (Phi) is 4.98. The number of thiophene rings is 1. The summed E-state index contributed by atoms with van der Waals surface area (Å²) in [6.07, 6.45) is 1.60. The Bertz CT molecular complexity index is 622. The molecule has 6 heteroatoms. The van der Waals surface area contributed by atoms with Crippen LogP contribution in [0.4, 0.5) is 0 Å². The molecule has 0 saturated heterocycles. The fourth-order valence-corrected chi connectivity index (χ4v) is 2.21. The zero-order valence-corrected chi connectivity index (χ0v) is 13.2. The Morgan fingerprint density at radius 3 is 2.67 bits per heavy atom. The van der Waals surface area contributed by atoms with E-state index in [9.17, 15) is 4.79 Å². The molecule has 0 aliphatic heterocycles. The summed E-state index contributed by atoms with van der Waals surface area (Å²) in [5.74, 6) is 0.243. The van der Waals surface area contributed by atoms with Gasteiger partial charge in [0, 0.05) is 9.90 Å². The molecule has 0 saturated carbocycles. The molecule has 0 radical (unpaired) electrons. The minimum Gasteiger partial charge on any atom is -0.478 e. The van der Waals surface area contributed by atoms with Crippen molar-refractivity contribution < 1.29 is 9.53 Å². The van der Waals surface area contributed by atoms with E-state index in [0.717, 1.165) is 4.88 Å². The lowest BCUT2D eigenvalue weighted by atomic mass is 10.1. The Morgan fingerprint density at radius 1 is 1.33 bits per heavy atom. The third kappa shape index (κ3) is 4.58. The van der Waals surface area contributed by atoms with Crippen LogP contribution >= 0.6 is 22.9 Å². The highest BCUT2D eigenvalue weighted by Gasteiger charge is 2.29. The summed E-state index contributed by atoms with van der Waals surface area (Å²) in [5.41, 5.74) is 1.44. The molecular weight excluding hydrogens is 308 g/mol. The van der Waals surface area contributed by atoms with Crippen molar-refractivity contribution in [1.82, 2.24) is 5.43 Å². The van der Waals surface area contributed by atoms with Crippen molar-refractivity contribution in [1.29, 1.82) is 0 Å². The molecule has 0 fully saturated rings. The molecule has 0 bridgehead atoms. The maximum atomic E-state index is 12.1. The smallest absolute Gasteiger partial charge is 0.283 e. The normalized spacial score (nSPS) is 11.6. The molecule has 21 heavy (non-hydrogen) atoms. The van der Waals surface area contributed by atoms with Crippen LogP contribution in [0.5, 0.6) is 5.75 Å². The van der Waals surface area contributed by atoms with Crippen LogP contribution in [0.2, 0.25) is 5.02 Å². The average Bonchev–Trinajstić information content (AvgIpc) is 2.94. The number of nitrogens with one attached hydrogen (secondary N) is 1. The number of nitrogens with zero attached hydrogens (tertiary/aromatic N) is 1. The van der Waals surface area contributed by atoms with Crippen molar-refractivity contribution in [3.05, 3.63) is 51.7 Å². The van der Waals surface area contributed by atoms with Gasteiger partial charge in [-0.05, 0) is 49.6 Å². The van der Waals surface area contributed by atoms with Crippen LogP contribution in [0.1, 0.15) is 18.7 Å². The van der Waals surface area contributed by atoms with E-state index < -0.39 is 5.60 Å². The number of hydrazone groups is 1. The zero-order valence-electron chi connectivity index (χ0n) is 11.7. The first-order valence-electron chi connectivity index (χ1n) is 6.29. The number of carbonyl (C=O) groups excluding carboxylic acids is 1. The molecular formula is C15H15ClN2O2S. The molecule has 0 unspecified atom stereocenters. The van der Waals surface area contributed by atoms with Gasteiger partial charge in [0.2, 0.25) is 0 Å². The number of rotatable bonds is 5. The minimum atomic E-state index is -1.04. The SMILES string of the molecule is CC(C)(Oc1ccc(Cl)cc1)C(=O)N/N=C/c1cccs1. The van der Waals surface area contributed by atoms with Gasteiger partial charge in [-0.3, -0.25) is 4.79 Å². The van der Waals surface area contributed by atoms with Gasteiger partial charge in [0.25, 0.3) is 5.91 Å². The highest BCUT2D eigenvalue weighted by atomic mass is 35.5. The van der Waals surface area contributed by atoms with Gasteiger partial charge in [0.15, 0.2) is 5.60 Å². The molecule has 2 aromatic rings. The Morgan fingerprint density at radius 2 is 2.05 bits per heavy atom. The van der Waals surface area contributed by atoms with Gasteiger partial charge in [0.1, 0.15) is 5.75 Å². The van der Waals surface area contributed by atoms with Crippen molar-refractivity contribution in [2.45, 2.75) is 19.4 Å². The molecule has 0 aliphatic carbocycles. The van der Waals surface area contributed by atoms with Gasteiger partial charge < -0.3 is 4.74 Å². The molecule has 0 atom stereocenters. The largest absolute Gasteiger partial charge is 0.478 e. The highest BCUT2D eigenvalue weighted by molar-refractivity contribution is 7.11. The number of carbonyl (C=O) groups is 1. The second-order valence-electron chi connectivity index (χ2n) is 4.78. The van der Waals surface area contributed by atoms with Gasteiger partial charge in [-0.1, -0.05) is 17.7 Å². The second-order valence-corrected chi connectivity index (χ2v) is 6.20. The van der Waals surface area contributed by atoms with E-state index in [1.54, 1.807) is 55.7 Å². The van der Waals surface area contributed by atoms with Crippen LogP contribution < -0.4 is 10.2 Å². The lowest BCUT2D eigenvalue weighted by molar-refractivity contribution is -0.134. The number of ether oxygens (including phenoxy) is 1. The zero-order chi connectivity index (χ0) is 15.3. The molecule has 2 rings (SSSR count). The lowest BCUT2D eigenvalue weighted by Crippen LogP contribution is -2.44. The van der Waals surface area contributed by atoms with E-state index in [4.69, 9.17) is 16.3 Å². The Balaban J connectivity index is 1.94. The summed E-state index contributed by atoms with van der Waals surface area (Å²) in [5, 5.41) is 6.48. The fourth-order valence-electron chi connectivity index (χ4n) is 1.50. The fraction of sp³-hybridized carbons (Fsp3) is 0.200. The topological polar surface area (TPSA) is 50.7 Å². The number of halogens is 1. The van der Waals surface area contributed by atoms with Crippen molar-refractivity contribution in [2.75, 3.05) is 0 Å². The van der Waals surface area contributed by atoms with E-state index in [1.807, 2.05) is 17.5 Å².